The third-order valence-electron chi connectivity index (χ3n) is 4.78. The van der Waals surface area contributed by atoms with Crippen LogP contribution in [-0.2, 0) is 22.5 Å². The molecule has 0 fully saturated rings. The molecule has 0 amide bonds. The highest BCUT2D eigenvalue weighted by molar-refractivity contribution is 7.19. The number of carbonyl (C=O) groups is 1. The average molecular weight is 439 g/mol. The van der Waals surface area contributed by atoms with Crippen molar-refractivity contribution in [2.45, 2.75) is 19.9 Å². The lowest BCUT2D eigenvalue weighted by Gasteiger charge is -2.10. The van der Waals surface area contributed by atoms with Crippen molar-refractivity contribution in [2.24, 2.45) is 0 Å². The quantitative estimate of drug-likeness (QED) is 0.408. The van der Waals surface area contributed by atoms with Gasteiger partial charge in [-0.05, 0) is 13.0 Å². The second-order valence-corrected chi connectivity index (χ2v) is 7.81. The number of fused-ring (bicyclic) bond motifs is 2. The van der Waals surface area contributed by atoms with Crippen LogP contribution in [0.1, 0.15) is 17.6 Å². The molecule has 0 aliphatic rings. The Hall–Kier alpha value is -3.46. The minimum absolute atomic E-state index is 0.0144. The van der Waals surface area contributed by atoms with E-state index >= 15 is 0 Å². The van der Waals surface area contributed by atoms with Crippen molar-refractivity contribution in [3.05, 3.63) is 57.5 Å². The van der Waals surface area contributed by atoms with Crippen molar-refractivity contribution in [2.75, 3.05) is 20.8 Å². The molecule has 4 rings (SSSR count). The van der Waals surface area contributed by atoms with E-state index in [0.29, 0.717) is 33.0 Å². The molecule has 2 aromatic carbocycles. The van der Waals surface area contributed by atoms with E-state index in [1.54, 1.807) is 45.4 Å². The number of aromatic nitrogens is 3. The number of hydrogen-bond acceptors (Lipinski definition) is 8. The number of thiazole rings is 1. The molecular weight excluding hydrogens is 418 g/mol. The van der Waals surface area contributed by atoms with Gasteiger partial charge in [0.2, 0.25) is 0 Å². The van der Waals surface area contributed by atoms with E-state index in [-0.39, 0.29) is 31.1 Å². The molecule has 0 unspecified atom stereocenters. The van der Waals surface area contributed by atoms with Crippen LogP contribution in [0.5, 0.6) is 11.5 Å². The van der Waals surface area contributed by atoms with Crippen molar-refractivity contribution < 1.29 is 19.0 Å². The molecule has 0 N–H and O–H groups in total. The Labute approximate surface area is 182 Å². The standard InChI is InChI=1S/C22H21N3O5S/c1-4-30-20(26)11-16-14-7-5-6-8-15(14)22(27)25(24-16)12-19-23-17-9-13(28-2)10-18(29-3)21(17)31-19/h5-10H,4,11-12H2,1-3H3. The monoisotopic (exact) mass is 439 g/mol. The van der Waals surface area contributed by atoms with Gasteiger partial charge in [0.1, 0.15) is 16.5 Å². The highest BCUT2D eigenvalue weighted by Gasteiger charge is 2.17. The van der Waals surface area contributed by atoms with Crippen LogP contribution in [0, 0.1) is 0 Å². The molecule has 0 radical (unpaired) electrons. The van der Waals surface area contributed by atoms with Crippen molar-refractivity contribution in [1.29, 1.82) is 0 Å². The molecule has 0 saturated carbocycles. The summed E-state index contributed by atoms with van der Waals surface area (Å²) in [4.78, 5) is 29.8. The van der Waals surface area contributed by atoms with E-state index < -0.39 is 0 Å². The van der Waals surface area contributed by atoms with Crippen molar-refractivity contribution in [3.8, 4) is 11.5 Å². The van der Waals surface area contributed by atoms with Gasteiger partial charge in [0.05, 0.1) is 55.1 Å². The van der Waals surface area contributed by atoms with Crippen molar-refractivity contribution in [3.63, 3.8) is 0 Å². The number of ether oxygens (including phenoxy) is 3. The van der Waals surface area contributed by atoms with Gasteiger partial charge in [-0.2, -0.15) is 5.10 Å². The molecule has 0 spiro atoms. The summed E-state index contributed by atoms with van der Waals surface area (Å²) in [5.41, 5.74) is 0.970. The van der Waals surface area contributed by atoms with Crippen LogP contribution in [-0.4, -0.2) is 41.6 Å². The van der Waals surface area contributed by atoms with Crippen LogP contribution in [0.2, 0.25) is 0 Å². The molecular formula is C22H21N3O5S. The van der Waals surface area contributed by atoms with Crippen LogP contribution < -0.4 is 15.0 Å². The molecule has 0 aliphatic heterocycles. The lowest BCUT2D eigenvalue weighted by atomic mass is 10.1. The SMILES string of the molecule is CCOC(=O)Cc1nn(Cc2nc3cc(OC)cc(OC)c3s2)c(=O)c2ccccc12. The molecule has 0 bridgehead atoms. The lowest BCUT2D eigenvalue weighted by Crippen LogP contribution is -2.26. The first-order valence-electron chi connectivity index (χ1n) is 9.69. The Morgan fingerprint density at radius 2 is 1.90 bits per heavy atom. The molecule has 9 heteroatoms. The summed E-state index contributed by atoms with van der Waals surface area (Å²) in [5.74, 6) is 0.904. The molecule has 31 heavy (non-hydrogen) atoms. The fraction of sp³-hybridized carbons (Fsp3) is 0.273. The predicted molar refractivity (Wildman–Crippen MR) is 118 cm³/mol. The van der Waals surface area contributed by atoms with E-state index in [9.17, 15) is 9.59 Å². The van der Waals surface area contributed by atoms with E-state index in [4.69, 9.17) is 14.2 Å². The first kappa shape index (κ1) is 20.8. The number of hydrogen-bond donors (Lipinski definition) is 0. The average Bonchev–Trinajstić information content (AvgIpc) is 3.18. The van der Waals surface area contributed by atoms with Gasteiger partial charge in [0.25, 0.3) is 5.56 Å². The molecule has 2 aromatic heterocycles. The van der Waals surface area contributed by atoms with Crippen LogP contribution in [0.15, 0.2) is 41.2 Å². The van der Waals surface area contributed by atoms with E-state index in [1.165, 1.54) is 16.0 Å². The van der Waals surface area contributed by atoms with E-state index in [0.717, 1.165) is 10.2 Å². The number of rotatable bonds is 7. The Kier molecular flexibility index (Phi) is 5.85. The number of esters is 1. The Balaban J connectivity index is 1.78. The number of nitrogens with zero attached hydrogens (tertiary/aromatic N) is 3. The zero-order chi connectivity index (χ0) is 22.0. The Bertz CT molecular complexity index is 1330. The van der Waals surface area contributed by atoms with Crippen LogP contribution in [0.4, 0.5) is 0 Å². The van der Waals surface area contributed by atoms with Gasteiger partial charge in [-0.25, -0.2) is 9.67 Å². The molecule has 0 aliphatic carbocycles. The minimum Gasteiger partial charge on any atom is -0.497 e. The zero-order valence-electron chi connectivity index (χ0n) is 17.4. The third-order valence-corrected chi connectivity index (χ3v) is 5.85. The third kappa shape index (κ3) is 4.09. The fourth-order valence-electron chi connectivity index (χ4n) is 3.38. The molecule has 0 saturated heterocycles. The van der Waals surface area contributed by atoms with E-state index in [1.807, 2.05) is 12.1 Å². The van der Waals surface area contributed by atoms with Gasteiger partial charge >= 0.3 is 5.97 Å². The largest absolute Gasteiger partial charge is 0.497 e. The molecule has 4 aromatic rings. The van der Waals surface area contributed by atoms with Gasteiger partial charge in [-0.15, -0.1) is 11.3 Å². The van der Waals surface area contributed by atoms with Gasteiger partial charge < -0.3 is 14.2 Å². The minimum atomic E-state index is -0.387. The smallest absolute Gasteiger partial charge is 0.311 e. The molecule has 160 valence electrons. The second kappa shape index (κ2) is 8.73. The molecule has 0 atom stereocenters. The fourth-order valence-corrected chi connectivity index (χ4v) is 4.40. The van der Waals surface area contributed by atoms with Gasteiger partial charge in [0.15, 0.2) is 0 Å². The maximum atomic E-state index is 13.1. The molecule has 2 heterocycles. The van der Waals surface area contributed by atoms with Gasteiger partial charge in [0, 0.05) is 17.5 Å². The highest BCUT2D eigenvalue weighted by Crippen LogP contribution is 2.35. The summed E-state index contributed by atoms with van der Waals surface area (Å²) < 4.78 is 18.0. The van der Waals surface area contributed by atoms with Crippen molar-refractivity contribution >= 4 is 38.3 Å². The summed E-state index contributed by atoms with van der Waals surface area (Å²) in [5, 5.41) is 6.31. The number of methoxy groups -OCH3 is 2. The summed E-state index contributed by atoms with van der Waals surface area (Å²) in [6.07, 6.45) is -0.0144. The van der Waals surface area contributed by atoms with Crippen LogP contribution in [0.25, 0.3) is 21.0 Å². The maximum absolute atomic E-state index is 13.1. The highest BCUT2D eigenvalue weighted by atomic mass is 32.1. The Morgan fingerprint density at radius 1 is 1.13 bits per heavy atom. The van der Waals surface area contributed by atoms with E-state index in [2.05, 4.69) is 10.1 Å². The first-order chi connectivity index (χ1) is 15.0. The predicted octanol–water partition coefficient (Wildman–Crippen LogP) is 3.18. The lowest BCUT2D eigenvalue weighted by molar-refractivity contribution is -0.142. The molecule has 8 nitrogen and oxygen atoms in total. The topological polar surface area (TPSA) is 92.5 Å². The summed E-state index contributed by atoms with van der Waals surface area (Å²) in [7, 11) is 3.17. The second-order valence-electron chi connectivity index (χ2n) is 6.72. The normalized spacial score (nSPS) is 11.1. The first-order valence-corrected chi connectivity index (χ1v) is 10.5. The van der Waals surface area contributed by atoms with Gasteiger partial charge in [-0.1, -0.05) is 18.2 Å². The number of carbonyl (C=O) groups excluding carboxylic acids is 1. The Morgan fingerprint density at radius 3 is 2.61 bits per heavy atom. The summed E-state index contributed by atoms with van der Waals surface area (Å²) in [6, 6.07) is 10.7. The van der Waals surface area contributed by atoms with Crippen molar-refractivity contribution in [1.82, 2.24) is 14.8 Å². The maximum Gasteiger partial charge on any atom is 0.311 e. The van der Waals surface area contributed by atoms with Crippen LogP contribution in [0.3, 0.4) is 0 Å². The van der Waals surface area contributed by atoms with Crippen LogP contribution >= 0.6 is 11.3 Å². The zero-order valence-corrected chi connectivity index (χ0v) is 18.2. The number of benzene rings is 2. The summed E-state index contributed by atoms with van der Waals surface area (Å²) in [6.45, 7) is 2.21. The van der Waals surface area contributed by atoms with Gasteiger partial charge in [-0.3, -0.25) is 9.59 Å². The summed E-state index contributed by atoms with van der Waals surface area (Å²) >= 11 is 1.42.